The fourth-order valence-corrected chi connectivity index (χ4v) is 1.36. The van der Waals surface area contributed by atoms with E-state index < -0.39 is 11.6 Å². The molecule has 0 heterocycles. The first-order chi connectivity index (χ1) is 8.33. The van der Waals surface area contributed by atoms with Crippen molar-refractivity contribution in [2.45, 2.75) is 32.9 Å². The number of hydrogen-bond donors (Lipinski definition) is 1. The van der Waals surface area contributed by atoms with Gasteiger partial charge in [0.1, 0.15) is 6.61 Å². The van der Waals surface area contributed by atoms with E-state index in [2.05, 4.69) is 11.9 Å². The van der Waals surface area contributed by atoms with E-state index in [1.54, 1.807) is 0 Å². The minimum atomic E-state index is -0.692. The molecule has 0 spiro atoms. The molecule has 4 heteroatoms. The molecule has 0 fully saturated rings. The van der Waals surface area contributed by atoms with Gasteiger partial charge in [-0.05, 0) is 38.5 Å². The Kier molecular flexibility index (Phi) is 4.84. The van der Waals surface area contributed by atoms with E-state index in [0.717, 1.165) is 0 Å². The lowest BCUT2D eigenvalue weighted by Crippen LogP contribution is -2.35. The van der Waals surface area contributed by atoms with E-state index in [4.69, 9.17) is 4.74 Å². The van der Waals surface area contributed by atoms with E-state index >= 15 is 0 Å². The van der Waals surface area contributed by atoms with Crippen molar-refractivity contribution >= 4 is 0 Å². The van der Waals surface area contributed by atoms with Gasteiger partial charge >= 0.3 is 0 Å². The van der Waals surface area contributed by atoms with Crippen molar-refractivity contribution in [1.29, 1.82) is 0 Å². The summed E-state index contributed by atoms with van der Waals surface area (Å²) in [6.45, 7) is 9.87. The minimum absolute atomic E-state index is 0.0768. The molecule has 100 valence electrons. The van der Waals surface area contributed by atoms with Crippen molar-refractivity contribution in [2.75, 3.05) is 6.61 Å². The highest BCUT2D eigenvalue weighted by molar-refractivity contribution is 5.31. The van der Waals surface area contributed by atoms with Gasteiger partial charge in [-0.3, -0.25) is 0 Å². The van der Waals surface area contributed by atoms with Gasteiger partial charge in [-0.2, -0.15) is 0 Å². The summed E-state index contributed by atoms with van der Waals surface area (Å²) in [5.74, 6) is -1.74. The van der Waals surface area contributed by atoms with E-state index in [-0.39, 0.29) is 17.9 Å². The number of hydrogen-bond acceptors (Lipinski definition) is 2. The van der Waals surface area contributed by atoms with Gasteiger partial charge in [0.15, 0.2) is 17.4 Å². The molecule has 1 rings (SSSR count). The summed E-state index contributed by atoms with van der Waals surface area (Å²) < 4.78 is 32.2. The lowest BCUT2D eigenvalue weighted by molar-refractivity contribution is 0.320. The van der Waals surface area contributed by atoms with Crippen molar-refractivity contribution in [2.24, 2.45) is 0 Å². The number of benzene rings is 1. The highest BCUT2D eigenvalue weighted by Crippen LogP contribution is 2.23. The normalized spacial score (nSPS) is 11.4. The van der Waals surface area contributed by atoms with Gasteiger partial charge < -0.3 is 10.1 Å². The zero-order chi connectivity index (χ0) is 13.8. The first-order valence-corrected chi connectivity index (χ1v) is 5.80. The van der Waals surface area contributed by atoms with Gasteiger partial charge in [0.2, 0.25) is 0 Å². The molecule has 0 aliphatic rings. The highest BCUT2D eigenvalue weighted by atomic mass is 19.1. The number of nitrogens with one attached hydrogen (secondary N) is 1. The molecule has 0 saturated carbocycles. The molecule has 0 aromatic heterocycles. The molecule has 1 N–H and O–H groups in total. The van der Waals surface area contributed by atoms with E-state index in [0.29, 0.717) is 12.1 Å². The number of ether oxygens (including phenoxy) is 1. The number of halogens is 2. The van der Waals surface area contributed by atoms with Crippen LogP contribution >= 0.6 is 0 Å². The summed E-state index contributed by atoms with van der Waals surface area (Å²) in [5.41, 5.74) is 0.441. The minimum Gasteiger partial charge on any atom is -0.483 e. The van der Waals surface area contributed by atoms with Crippen LogP contribution in [0.4, 0.5) is 8.78 Å². The molecular weight excluding hydrogens is 236 g/mol. The van der Waals surface area contributed by atoms with Crippen molar-refractivity contribution in [3.8, 4) is 5.75 Å². The molecule has 0 unspecified atom stereocenters. The van der Waals surface area contributed by atoms with Crippen molar-refractivity contribution in [1.82, 2.24) is 5.32 Å². The Balaban J connectivity index is 2.82. The Hall–Kier alpha value is -1.42. The summed E-state index contributed by atoms with van der Waals surface area (Å²) in [6, 6.07) is 2.56. The molecule has 0 aliphatic carbocycles. The Bertz CT molecular complexity index is 401. The molecule has 0 radical (unpaired) electrons. The van der Waals surface area contributed by atoms with E-state index in [1.165, 1.54) is 18.2 Å². The molecule has 1 aromatic carbocycles. The molecular formula is C14H19F2NO. The average Bonchev–Trinajstić information content (AvgIpc) is 2.24. The monoisotopic (exact) mass is 255 g/mol. The Morgan fingerprint density at radius 1 is 1.28 bits per heavy atom. The summed E-state index contributed by atoms with van der Waals surface area (Å²) in [6.07, 6.45) is 1.44. The zero-order valence-electron chi connectivity index (χ0n) is 11.0. The van der Waals surface area contributed by atoms with Crippen LogP contribution in [0, 0.1) is 11.6 Å². The highest BCUT2D eigenvalue weighted by Gasteiger charge is 2.14. The molecule has 0 saturated heterocycles. The molecule has 0 bridgehead atoms. The van der Waals surface area contributed by atoms with E-state index in [9.17, 15) is 8.78 Å². The maximum absolute atomic E-state index is 13.6. The maximum atomic E-state index is 13.6. The number of rotatable bonds is 5. The largest absolute Gasteiger partial charge is 0.483 e. The SMILES string of the molecule is C=CCOc1c(F)cc(CNC(C)(C)C)cc1F. The van der Waals surface area contributed by atoms with Gasteiger partial charge in [-0.1, -0.05) is 12.7 Å². The third-order valence-electron chi connectivity index (χ3n) is 2.23. The topological polar surface area (TPSA) is 21.3 Å². The van der Waals surface area contributed by atoms with Gasteiger partial charge in [0.25, 0.3) is 0 Å². The standard InChI is InChI=1S/C14H19F2NO/c1-5-6-18-13-11(15)7-10(8-12(13)16)9-17-14(2,3)4/h5,7-8,17H,1,6,9H2,2-4H3. The second kappa shape index (κ2) is 5.96. The van der Waals surface area contributed by atoms with Crippen molar-refractivity contribution in [3.05, 3.63) is 42.0 Å². The second-order valence-corrected chi connectivity index (χ2v) is 5.09. The smallest absolute Gasteiger partial charge is 0.191 e. The van der Waals surface area contributed by atoms with E-state index in [1.807, 2.05) is 20.8 Å². The predicted octanol–water partition coefficient (Wildman–Crippen LogP) is 3.42. The Morgan fingerprint density at radius 3 is 2.28 bits per heavy atom. The Labute approximate surface area is 107 Å². The van der Waals surface area contributed by atoms with Crippen LogP contribution in [0.3, 0.4) is 0 Å². The van der Waals surface area contributed by atoms with Crippen LogP contribution in [0.25, 0.3) is 0 Å². The predicted molar refractivity (Wildman–Crippen MR) is 68.6 cm³/mol. The van der Waals surface area contributed by atoms with Gasteiger partial charge in [-0.15, -0.1) is 0 Å². The second-order valence-electron chi connectivity index (χ2n) is 5.09. The average molecular weight is 255 g/mol. The summed E-state index contributed by atoms with van der Waals surface area (Å²) in [7, 11) is 0. The fraction of sp³-hybridized carbons (Fsp3) is 0.429. The molecule has 18 heavy (non-hydrogen) atoms. The van der Waals surface area contributed by atoms with Crippen LogP contribution in [-0.4, -0.2) is 12.1 Å². The third-order valence-corrected chi connectivity index (χ3v) is 2.23. The first-order valence-electron chi connectivity index (χ1n) is 5.80. The zero-order valence-corrected chi connectivity index (χ0v) is 11.0. The summed E-state index contributed by atoms with van der Waals surface area (Å²) in [4.78, 5) is 0. The van der Waals surface area contributed by atoms with Gasteiger partial charge in [0, 0.05) is 12.1 Å². The maximum Gasteiger partial charge on any atom is 0.191 e. The first kappa shape index (κ1) is 14.6. The van der Waals surface area contributed by atoms with Crippen molar-refractivity contribution < 1.29 is 13.5 Å². The quantitative estimate of drug-likeness (QED) is 0.814. The van der Waals surface area contributed by atoms with Crippen LogP contribution < -0.4 is 10.1 Å². The van der Waals surface area contributed by atoms with Crippen LogP contribution in [0.15, 0.2) is 24.8 Å². The molecule has 0 amide bonds. The van der Waals surface area contributed by atoms with Gasteiger partial charge in [-0.25, -0.2) is 8.78 Å². The molecule has 2 nitrogen and oxygen atoms in total. The lowest BCUT2D eigenvalue weighted by Gasteiger charge is -2.20. The summed E-state index contributed by atoms with van der Waals surface area (Å²) >= 11 is 0. The third kappa shape index (κ3) is 4.45. The van der Waals surface area contributed by atoms with Crippen LogP contribution in [0.5, 0.6) is 5.75 Å². The fourth-order valence-electron chi connectivity index (χ4n) is 1.36. The lowest BCUT2D eigenvalue weighted by atomic mass is 10.1. The molecule has 0 atom stereocenters. The van der Waals surface area contributed by atoms with Crippen molar-refractivity contribution in [3.63, 3.8) is 0 Å². The van der Waals surface area contributed by atoms with Crippen LogP contribution in [-0.2, 0) is 6.54 Å². The van der Waals surface area contributed by atoms with Crippen LogP contribution in [0.2, 0.25) is 0 Å². The summed E-state index contributed by atoms with van der Waals surface area (Å²) in [5, 5.41) is 3.16. The Morgan fingerprint density at radius 2 is 1.83 bits per heavy atom. The van der Waals surface area contributed by atoms with Crippen LogP contribution in [0.1, 0.15) is 26.3 Å². The van der Waals surface area contributed by atoms with Gasteiger partial charge in [0.05, 0.1) is 0 Å². The molecule has 0 aliphatic heterocycles. The molecule has 1 aromatic rings.